The second-order valence-electron chi connectivity index (χ2n) is 7.20. The molecule has 0 bridgehead atoms. The van der Waals surface area contributed by atoms with E-state index in [4.69, 9.17) is 4.55 Å². The first-order valence-corrected chi connectivity index (χ1v) is 12.3. The van der Waals surface area contributed by atoms with E-state index in [1.54, 1.807) is 0 Å². The highest BCUT2D eigenvalue weighted by Gasteiger charge is 2.02. The first-order chi connectivity index (χ1) is 12.8. The molecule has 0 aromatic rings. The third kappa shape index (κ3) is 33.2. The van der Waals surface area contributed by atoms with Crippen molar-refractivity contribution >= 4 is 16.0 Å². The van der Waals surface area contributed by atoms with Gasteiger partial charge in [0, 0.05) is 0 Å². The quantitative estimate of drug-likeness (QED) is 0.171. The van der Waals surface area contributed by atoms with Crippen LogP contribution in [-0.2, 0) is 14.9 Å². The van der Waals surface area contributed by atoms with Gasteiger partial charge in [-0.3, -0.25) is 9.35 Å². The third-order valence-corrected chi connectivity index (χ3v) is 5.26. The zero-order valence-electron chi connectivity index (χ0n) is 17.5. The second-order valence-corrected chi connectivity index (χ2v) is 8.77. The number of amides is 1. The monoisotopic (exact) mass is 405 g/mol. The van der Waals surface area contributed by atoms with Gasteiger partial charge in [-0.2, -0.15) is 8.42 Å². The Hall–Kier alpha value is -0.880. The maximum absolute atomic E-state index is 10.5. The molecule has 0 rings (SSSR count). The van der Waals surface area contributed by atoms with Gasteiger partial charge in [0.15, 0.2) is 0 Å². The van der Waals surface area contributed by atoms with Crippen LogP contribution < -0.4 is 5.73 Å². The Morgan fingerprint density at radius 1 is 0.778 bits per heavy atom. The summed E-state index contributed by atoms with van der Waals surface area (Å²) in [7, 11) is -3.74. The van der Waals surface area contributed by atoms with E-state index in [9.17, 15) is 13.2 Å². The van der Waals surface area contributed by atoms with E-state index in [1.165, 1.54) is 83.5 Å². The van der Waals surface area contributed by atoms with E-state index in [1.807, 2.05) is 0 Å². The van der Waals surface area contributed by atoms with Crippen LogP contribution in [0.3, 0.4) is 0 Å². The summed E-state index contributed by atoms with van der Waals surface area (Å²) >= 11 is 0. The Kier molecular flexibility index (Phi) is 22.5. The Morgan fingerprint density at radius 2 is 1.04 bits per heavy atom. The average molecular weight is 406 g/mol. The summed E-state index contributed by atoms with van der Waals surface area (Å²) in [6.07, 6.45) is 21.4. The van der Waals surface area contributed by atoms with E-state index in [0.29, 0.717) is 6.42 Å². The van der Waals surface area contributed by atoms with Crippen molar-refractivity contribution in [2.45, 2.75) is 110 Å². The maximum atomic E-state index is 10.5. The molecule has 0 fully saturated rings. The number of primary amides is 1. The molecule has 0 spiro atoms. The molecule has 0 atom stereocenters. The van der Waals surface area contributed by atoms with Crippen LogP contribution in [0.25, 0.3) is 0 Å². The first kappa shape index (κ1) is 28.3. The molecule has 1 amide bonds. The van der Waals surface area contributed by atoms with Crippen molar-refractivity contribution in [3.05, 3.63) is 12.7 Å². The molecule has 5 nitrogen and oxygen atoms in total. The normalized spacial score (nSPS) is 10.9. The number of rotatable bonds is 18. The summed E-state index contributed by atoms with van der Waals surface area (Å²) in [5.41, 5.74) is 4.53. The average Bonchev–Trinajstić information content (AvgIpc) is 2.61. The molecule has 0 aliphatic heterocycles. The maximum Gasteiger partial charge on any atom is 0.264 e. The predicted molar refractivity (Wildman–Crippen MR) is 115 cm³/mol. The van der Waals surface area contributed by atoms with Gasteiger partial charge in [-0.25, -0.2) is 0 Å². The summed E-state index contributed by atoms with van der Waals surface area (Å²) in [6, 6.07) is 0. The molecule has 27 heavy (non-hydrogen) atoms. The van der Waals surface area contributed by atoms with E-state index in [0.717, 1.165) is 18.9 Å². The van der Waals surface area contributed by atoms with Gasteiger partial charge in [0.05, 0.1) is 5.75 Å². The number of unbranched alkanes of at least 4 members (excludes halogenated alkanes) is 15. The van der Waals surface area contributed by atoms with Crippen molar-refractivity contribution in [1.82, 2.24) is 0 Å². The molecule has 0 heterocycles. The highest BCUT2D eigenvalue weighted by molar-refractivity contribution is 7.85. The lowest BCUT2D eigenvalue weighted by Crippen LogP contribution is -2.04. The standard InChI is InChI=1S/C18H38O3S.C3H5NO/c1-2-3-4-5-6-7-8-9-10-11-12-13-14-15-16-17-18-22(19,20)21;1-2-3(4)5/h2-18H2,1H3,(H,19,20,21);2H,1H2,(H2,4,5). The Bertz CT molecular complexity index is 435. The van der Waals surface area contributed by atoms with Crippen LogP contribution >= 0.6 is 0 Å². The molecular weight excluding hydrogens is 362 g/mol. The fourth-order valence-corrected chi connectivity index (χ4v) is 3.40. The van der Waals surface area contributed by atoms with Crippen LogP contribution in [0.15, 0.2) is 12.7 Å². The van der Waals surface area contributed by atoms with Gasteiger partial charge >= 0.3 is 0 Å². The first-order valence-electron chi connectivity index (χ1n) is 10.7. The molecule has 6 heteroatoms. The molecule has 0 aromatic heterocycles. The lowest BCUT2D eigenvalue weighted by molar-refractivity contribution is -0.113. The number of nitrogens with two attached hydrogens (primary N) is 1. The summed E-state index contributed by atoms with van der Waals surface area (Å²) in [5, 5.41) is 0. The van der Waals surface area contributed by atoms with Crippen molar-refractivity contribution in [3.8, 4) is 0 Å². The fraction of sp³-hybridized carbons (Fsp3) is 0.857. The Morgan fingerprint density at radius 3 is 1.26 bits per heavy atom. The molecule has 3 N–H and O–H groups in total. The molecule has 0 aliphatic rings. The van der Waals surface area contributed by atoms with Crippen LogP contribution in [0.2, 0.25) is 0 Å². The summed E-state index contributed by atoms with van der Waals surface area (Å²) in [5.74, 6) is -0.559. The number of carbonyl (C=O) groups is 1. The molecule has 0 saturated heterocycles. The lowest BCUT2D eigenvalue weighted by atomic mass is 10.0. The number of carbonyl (C=O) groups excluding carboxylic acids is 1. The van der Waals surface area contributed by atoms with Crippen molar-refractivity contribution in [3.63, 3.8) is 0 Å². The van der Waals surface area contributed by atoms with Gasteiger partial charge in [0.1, 0.15) is 0 Å². The largest absolute Gasteiger partial charge is 0.366 e. The van der Waals surface area contributed by atoms with Crippen LogP contribution in [0.1, 0.15) is 110 Å². The van der Waals surface area contributed by atoms with Gasteiger partial charge in [0.2, 0.25) is 5.91 Å². The topological polar surface area (TPSA) is 97.5 Å². The zero-order chi connectivity index (χ0) is 20.8. The van der Waals surface area contributed by atoms with Gasteiger partial charge in [0.25, 0.3) is 10.1 Å². The van der Waals surface area contributed by atoms with E-state index in [2.05, 4.69) is 19.2 Å². The highest BCUT2D eigenvalue weighted by Crippen LogP contribution is 2.13. The minimum atomic E-state index is -3.74. The van der Waals surface area contributed by atoms with Crippen molar-refractivity contribution in [2.75, 3.05) is 5.75 Å². The van der Waals surface area contributed by atoms with Gasteiger partial charge < -0.3 is 5.73 Å². The van der Waals surface area contributed by atoms with Crippen LogP contribution in [0.4, 0.5) is 0 Å². The van der Waals surface area contributed by atoms with E-state index < -0.39 is 16.0 Å². The minimum absolute atomic E-state index is 0.0779. The third-order valence-electron chi connectivity index (χ3n) is 4.46. The Labute approximate surface area is 167 Å². The van der Waals surface area contributed by atoms with Crippen LogP contribution in [-0.4, -0.2) is 24.6 Å². The predicted octanol–water partition coefficient (Wildman–Crippen LogP) is 5.79. The second kappa shape index (κ2) is 21.4. The smallest absolute Gasteiger partial charge is 0.264 e. The molecule has 0 saturated carbocycles. The molecular formula is C21H43NO4S. The molecule has 0 aliphatic carbocycles. The van der Waals surface area contributed by atoms with Gasteiger partial charge in [-0.1, -0.05) is 110 Å². The summed E-state index contributed by atoms with van der Waals surface area (Å²) in [6.45, 7) is 5.35. The molecule has 0 radical (unpaired) electrons. The summed E-state index contributed by atoms with van der Waals surface area (Å²) in [4.78, 5) is 9.47. The summed E-state index contributed by atoms with van der Waals surface area (Å²) < 4.78 is 29.7. The molecule has 0 aromatic carbocycles. The number of hydrogen-bond donors (Lipinski definition) is 2. The fourth-order valence-electron chi connectivity index (χ4n) is 2.83. The molecule has 0 unspecified atom stereocenters. The van der Waals surface area contributed by atoms with E-state index in [-0.39, 0.29) is 5.75 Å². The minimum Gasteiger partial charge on any atom is -0.366 e. The molecule has 162 valence electrons. The van der Waals surface area contributed by atoms with Gasteiger partial charge in [-0.15, -0.1) is 0 Å². The van der Waals surface area contributed by atoms with Crippen LogP contribution in [0, 0.1) is 0 Å². The van der Waals surface area contributed by atoms with E-state index >= 15 is 0 Å². The lowest BCUT2D eigenvalue weighted by Gasteiger charge is -2.03. The Balaban J connectivity index is 0. The van der Waals surface area contributed by atoms with Crippen molar-refractivity contribution in [2.24, 2.45) is 5.73 Å². The van der Waals surface area contributed by atoms with Crippen molar-refractivity contribution < 1.29 is 17.8 Å². The van der Waals surface area contributed by atoms with Gasteiger partial charge in [-0.05, 0) is 12.5 Å². The zero-order valence-corrected chi connectivity index (χ0v) is 18.3. The SMILES string of the molecule is C=CC(N)=O.CCCCCCCCCCCCCCCCCCS(=O)(=O)O. The van der Waals surface area contributed by atoms with Crippen molar-refractivity contribution in [1.29, 1.82) is 0 Å². The number of hydrogen-bond acceptors (Lipinski definition) is 3. The highest BCUT2D eigenvalue weighted by atomic mass is 32.2. The van der Waals surface area contributed by atoms with Crippen LogP contribution in [0.5, 0.6) is 0 Å².